The van der Waals surface area contributed by atoms with Crippen LogP contribution in [0.2, 0.25) is 0 Å². The number of hydrogen-bond donors (Lipinski definition) is 0. The van der Waals surface area contributed by atoms with Gasteiger partial charge in [0, 0.05) is 26.2 Å². The van der Waals surface area contributed by atoms with E-state index in [2.05, 4.69) is 27.0 Å². The van der Waals surface area contributed by atoms with E-state index < -0.39 is 0 Å². The van der Waals surface area contributed by atoms with Crippen molar-refractivity contribution in [2.45, 2.75) is 70.6 Å². The molecule has 2 saturated heterocycles. The van der Waals surface area contributed by atoms with Crippen LogP contribution in [-0.4, -0.2) is 41.1 Å². The molecule has 1 aliphatic carbocycles. The van der Waals surface area contributed by atoms with Crippen LogP contribution in [0.25, 0.3) is 16.5 Å². The quantitative estimate of drug-likeness (QED) is 0.776. The average Bonchev–Trinajstić information content (AvgIpc) is 3.37. The van der Waals surface area contributed by atoms with Gasteiger partial charge in [0.05, 0.1) is 23.0 Å². The summed E-state index contributed by atoms with van der Waals surface area (Å²) in [5.41, 5.74) is 5.16. The fraction of sp³-hybridized carbons (Fsp3) is 0.652. The molecule has 4 heterocycles. The largest absolute Gasteiger partial charge is 0.368 e. The summed E-state index contributed by atoms with van der Waals surface area (Å²) < 4.78 is 0. The molecule has 3 aliphatic rings. The Balaban J connectivity index is 1.67. The van der Waals surface area contributed by atoms with Crippen LogP contribution < -0.4 is 9.91 Å². The van der Waals surface area contributed by atoms with Crippen LogP contribution in [0.5, 0.6) is 0 Å². The van der Waals surface area contributed by atoms with Gasteiger partial charge in [0.25, 0.3) is 0 Å². The molecule has 149 valence electrons. The fourth-order valence-corrected chi connectivity index (χ4v) is 5.08. The SMILES string of the molecule is [c]1nc(C2=CCCCC2)c(N2CCCCCCC2)c2c1cnn2N1CCCC1. The minimum absolute atomic E-state index is 1.06. The molecular weight excluding hydrogens is 346 g/mol. The second-order valence-corrected chi connectivity index (χ2v) is 8.61. The van der Waals surface area contributed by atoms with Gasteiger partial charge in [-0.05, 0) is 56.9 Å². The van der Waals surface area contributed by atoms with Crippen molar-refractivity contribution in [2.75, 3.05) is 36.1 Å². The van der Waals surface area contributed by atoms with Crippen LogP contribution in [0.3, 0.4) is 0 Å². The molecule has 5 rings (SSSR count). The zero-order valence-corrected chi connectivity index (χ0v) is 17.0. The van der Waals surface area contributed by atoms with Crippen LogP contribution in [0, 0.1) is 6.20 Å². The summed E-state index contributed by atoms with van der Waals surface area (Å²) in [6.45, 7) is 4.45. The van der Waals surface area contributed by atoms with E-state index in [1.54, 1.807) is 0 Å². The molecule has 2 aromatic rings. The van der Waals surface area contributed by atoms with E-state index in [4.69, 9.17) is 10.1 Å². The molecule has 5 heteroatoms. The van der Waals surface area contributed by atoms with Crippen LogP contribution in [-0.2, 0) is 0 Å². The first kappa shape index (κ1) is 18.0. The molecule has 2 aliphatic heterocycles. The Morgan fingerprint density at radius 3 is 2.32 bits per heavy atom. The molecule has 5 nitrogen and oxygen atoms in total. The number of allylic oxidation sites excluding steroid dienone is 2. The van der Waals surface area contributed by atoms with Crippen LogP contribution in [0.15, 0.2) is 12.3 Å². The number of fused-ring (bicyclic) bond motifs is 1. The van der Waals surface area contributed by atoms with Gasteiger partial charge in [0.1, 0.15) is 11.7 Å². The smallest absolute Gasteiger partial charge is 0.120 e. The molecule has 28 heavy (non-hydrogen) atoms. The van der Waals surface area contributed by atoms with Crippen LogP contribution >= 0.6 is 0 Å². The highest BCUT2D eigenvalue weighted by Gasteiger charge is 2.25. The van der Waals surface area contributed by atoms with E-state index in [-0.39, 0.29) is 0 Å². The lowest BCUT2D eigenvalue weighted by Gasteiger charge is -2.31. The Morgan fingerprint density at radius 1 is 0.821 bits per heavy atom. The Bertz CT molecular complexity index is 838. The maximum atomic E-state index is 4.89. The number of anilines is 1. The summed E-state index contributed by atoms with van der Waals surface area (Å²) in [5.74, 6) is 0. The standard InChI is InChI=1S/C23H32N5/c1-2-7-13-26(14-8-3-1)23-21(19-11-5-4-6-12-19)24-17-20-18-25-28(22(20)23)27-15-9-10-16-27/h11,18H,1-10,12-16H2. The van der Waals surface area contributed by atoms with Gasteiger partial charge in [-0.3, -0.25) is 5.01 Å². The van der Waals surface area contributed by atoms with E-state index in [0.29, 0.717) is 0 Å². The molecule has 0 N–H and O–H groups in total. The molecule has 0 unspecified atom stereocenters. The highest BCUT2D eigenvalue weighted by atomic mass is 15.7. The second-order valence-electron chi connectivity index (χ2n) is 8.61. The summed E-state index contributed by atoms with van der Waals surface area (Å²) in [5, 5.41) is 8.25. The van der Waals surface area contributed by atoms with Crippen molar-refractivity contribution in [3.05, 3.63) is 24.2 Å². The monoisotopic (exact) mass is 378 g/mol. The molecule has 0 atom stereocenters. The predicted octanol–water partition coefficient (Wildman–Crippen LogP) is 4.69. The van der Waals surface area contributed by atoms with Gasteiger partial charge < -0.3 is 4.90 Å². The Labute approximate surface area is 168 Å². The maximum Gasteiger partial charge on any atom is 0.120 e. The van der Waals surface area contributed by atoms with Crippen molar-refractivity contribution >= 4 is 22.2 Å². The summed E-state index contributed by atoms with van der Waals surface area (Å²) in [6.07, 6.45) is 21.8. The van der Waals surface area contributed by atoms with E-state index in [1.807, 2.05) is 6.20 Å². The summed E-state index contributed by atoms with van der Waals surface area (Å²) in [4.78, 5) is 9.70. The number of rotatable bonds is 3. The van der Waals surface area contributed by atoms with E-state index >= 15 is 0 Å². The van der Waals surface area contributed by atoms with Crippen molar-refractivity contribution in [3.63, 3.8) is 0 Å². The Morgan fingerprint density at radius 2 is 1.57 bits per heavy atom. The number of nitrogens with zero attached hydrogens (tertiary/aromatic N) is 5. The zero-order chi connectivity index (χ0) is 18.8. The summed E-state index contributed by atoms with van der Waals surface area (Å²) in [7, 11) is 0. The summed E-state index contributed by atoms with van der Waals surface area (Å²) >= 11 is 0. The van der Waals surface area contributed by atoms with Crippen molar-refractivity contribution in [1.82, 2.24) is 14.9 Å². The lowest BCUT2D eigenvalue weighted by molar-refractivity contribution is 0.554. The molecule has 1 radical (unpaired) electrons. The van der Waals surface area contributed by atoms with Crippen LogP contribution in [0.1, 0.15) is 76.3 Å². The molecule has 0 aromatic carbocycles. The van der Waals surface area contributed by atoms with Crippen molar-refractivity contribution in [2.24, 2.45) is 0 Å². The first-order chi connectivity index (χ1) is 13.9. The first-order valence-corrected chi connectivity index (χ1v) is 11.4. The van der Waals surface area contributed by atoms with Gasteiger partial charge in [0.15, 0.2) is 0 Å². The van der Waals surface area contributed by atoms with Crippen LogP contribution in [0.4, 0.5) is 5.69 Å². The van der Waals surface area contributed by atoms with Crippen molar-refractivity contribution < 1.29 is 0 Å². The second kappa shape index (κ2) is 8.14. The van der Waals surface area contributed by atoms with Crippen molar-refractivity contribution in [3.8, 4) is 0 Å². The maximum absolute atomic E-state index is 4.89. The third-order valence-electron chi connectivity index (χ3n) is 6.61. The lowest BCUT2D eigenvalue weighted by Crippen LogP contribution is -2.34. The van der Waals surface area contributed by atoms with Gasteiger partial charge >= 0.3 is 0 Å². The minimum Gasteiger partial charge on any atom is -0.368 e. The van der Waals surface area contributed by atoms with Gasteiger partial charge in [0.2, 0.25) is 0 Å². The molecule has 0 amide bonds. The molecule has 2 aromatic heterocycles. The topological polar surface area (TPSA) is 37.2 Å². The van der Waals surface area contributed by atoms with Gasteiger partial charge in [-0.2, -0.15) is 9.89 Å². The normalized spacial score (nSPS) is 21.6. The zero-order valence-electron chi connectivity index (χ0n) is 17.0. The molecule has 0 saturated carbocycles. The van der Waals surface area contributed by atoms with Gasteiger partial charge in [-0.15, -0.1) is 0 Å². The molecule has 0 spiro atoms. The molecule has 2 fully saturated rings. The fourth-order valence-electron chi connectivity index (χ4n) is 5.08. The number of hydrogen-bond acceptors (Lipinski definition) is 4. The first-order valence-electron chi connectivity index (χ1n) is 11.4. The van der Waals surface area contributed by atoms with E-state index in [1.165, 1.54) is 86.7 Å². The third-order valence-corrected chi connectivity index (χ3v) is 6.61. The van der Waals surface area contributed by atoms with E-state index in [0.717, 1.165) is 38.0 Å². The number of pyridine rings is 1. The van der Waals surface area contributed by atoms with Gasteiger partial charge in [-0.1, -0.05) is 25.3 Å². The predicted molar refractivity (Wildman–Crippen MR) is 115 cm³/mol. The summed E-state index contributed by atoms with van der Waals surface area (Å²) in [6, 6.07) is 0. The average molecular weight is 379 g/mol. The lowest BCUT2D eigenvalue weighted by atomic mass is 9.95. The molecular formula is C23H32N5. The van der Waals surface area contributed by atoms with E-state index in [9.17, 15) is 0 Å². The van der Waals surface area contributed by atoms with Gasteiger partial charge in [-0.25, -0.2) is 4.98 Å². The number of aromatic nitrogens is 3. The highest BCUT2D eigenvalue weighted by molar-refractivity contribution is 5.96. The van der Waals surface area contributed by atoms with Crippen molar-refractivity contribution in [1.29, 1.82) is 0 Å². The Hall–Kier alpha value is -2.04. The highest BCUT2D eigenvalue weighted by Crippen LogP contribution is 2.38. The molecule has 0 bridgehead atoms. The Kier molecular flexibility index (Phi) is 5.24. The third kappa shape index (κ3) is 3.40. The minimum atomic E-state index is 1.06.